The maximum atomic E-state index is 12.7. The fourth-order valence-electron chi connectivity index (χ4n) is 3.21. The maximum Gasteiger partial charge on any atom is 0.295 e. The van der Waals surface area contributed by atoms with Gasteiger partial charge < -0.3 is 4.42 Å². The first-order chi connectivity index (χ1) is 17.6. The number of rotatable bonds is 9. The van der Waals surface area contributed by atoms with Crippen molar-refractivity contribution in [1.82, 2.24) is 0 Å². The Labute approximate surface area is 214 Å². The standard InChI is InChI=1S/C23H16ClN5O7S/c24-16-4-2-5-17(12-16)27-37(34,35)20-8-9-21(22(13-20)29(32)33)26-25-14-19-7-10-23(36-19)15-3-1-6-18(11-15)28(30)31/h1-14,26-27H. The molecule has 0 aliphatic carbocycles. The van der Waals surface area contributed by atoms with E-state index in [1.54, 1.807) is 30.3 Å². The van der Waals surface area contributed by atoms with Crippen molar-refractivity contribution in [3.8, 4) is 11.3 Å². The van der Waals surface area contributed by atoms with Crippen LogP contribution in [0, 0.1) is 20.2 Å². The molecule has 0 amide bonds. The number of hydrogen-bond acceptors (Lipinski definition) is 9. The number of benzene rings is 3. The SMILES string of the molecule is O=[N+]([O-])c1cccc(-c2ccc(C=NNc3ccc(S(=O)(=O)Nc4cccc(Cl)c4)cc3[N+](=O)[O-])o2)c1. The monoisotopic (exact) mass is 541 g/mol. The number of non-ortho nitro benzene ring substituents is 1. The Morgan fingerprint density at radius 1 is 0.919 bits per heavy atom. The second kappa shape index (κ2) is 10.5. The Morgan fingerprint density at radius 2 is 1.70 bits per heavy atom. The summed E-state index contributed by atoms with van der Waals surface area (Å²) in [5.74, 6) is 0.625. The molecule has 3 aromatic carbocycles. The highest BCUT2D eigenvalue weighted by atomic mass is 35.5. The van der Waals surface area contributed by atoms with Gasteiger partial charge >= 0.3 is 0 Å². The first-order valence-electron chi connectivity index (χ1n) is 10.3. The topological polar surface area (TPSA) is 170 Å². The van der Waals surface area contributed by atoms with Crippen LogP contribution in [0.4, 0.5) is 22.7 Å². The molecule has 0 atom stereocenters. The summed E-state index contributed by atoms with van der Waals surface area (Å²) in [6.07, 6.45) is 1.25. The molecule has 37 heavy (non-hydrogen) atoms. The molecule has 0 spiro atoms. The molecule has 14 heteroatoms. The van der Waals surface area contributed by atoms with Crippen LogP contribution in [0.5, 0.6) is 0 Å². The second-order valence-corrected chi connectivity index (χ2v) is 9.55. The second-order valence-electron chi connectivity index (χ2n) is 7.43. The van der Waals surface area contributed by atoms with Gasteiger partial charge in [-0.15, -0.1) is 0 Å². The van der Waals surface area contributed by atoms with E-state index >= 15 is 0 Å². The van der Waals surface area contributed by atoms with E-state index in [9.17, 15) is 28.6 Å². The van der Waals surface area contributed by atoms with Crippen molar-refractivity contribution in [3.63, 3.8) is 0 Å². The first-order valence-corrected chi connectivity index (χ1v) is 12.2. The third-order valence-electron chi connectivity index (χ3n) is 4.90. The average Bonchev–Trinajstić information content (AvgIpc) is 3.33. The molecule has 0 aliphatic rings. The molecule has 4 aromatic rings. The third-order valence-corrected chi connectivity index (χ3v) is 6.51. The van der Waals surface area contributed by atoms with Crippen LogP contribution in [0.25, 0.3) is 11.3 Å². The van der Waals surface area contributed by atoms with Gasteiger partial charge in [0.05, 0.1) is 26.6 Å². The van der Waals surface area contributed by atoms with Crippen LogP contribution in [0.15, 0.2) is 93.3 Å². The summed E-state index contributed by atoms with van der Waals surface area (Å²) in [4.78, 5) is 21.0. The van der Waals surface area contributed by atoms with E-state index in [0.717, 1.165) is 6.07 Å². The molecular formula is C23H16ClN5O7S. The highest BCUT2D eigenvalue weighted by Gasteiger charge is 2.22. The molecule has 0 fully saturated rings. The van der Waals surface area contributed by atoms with Gasteiger partial charge in [-0.3, -0.25) is 30.4 Å². The molecule has 1 aromatic heterocycles. The molecule has 0 aliphatic heterocycles. The van der Waals surface area contributed by atoms with Crippen molar-refractivity contribution in [2.75, 3.05) is 10.1 Å². The molecule has 0 radical (unpaired) electrons. The summed E-state index contributed by atoms with van der Waals surface area (Å²) >= 11 is 5.87. The van der Waals surface area contributed by atoms with Gasteiger partial charge in [-0.25, -0.2) is 8.42 Å². The summed E-state index contributed by atoms with van der Waals surface area (Å²) < 4.78 is 33.3. The zero-order valence-corrected chi connectivity index (χ0v) is 20.1. The number of hydrogen-bond donors (Lipinski definition) is 2. The highest BCUT2D eigenvalue weighted by molar-refractivity contribution is 7.92. The smallest absolute Gasteiger partial charge is 0.295 e. The molecule has 4 rings (SSSR count). The minimum absolute atomic E-state index is 0.0616. The van der Waals surface area contributed by atoms with Gasteiger partial charge in [-0.2, -0.15) is 5.10 Å². The van der Waals surface area contributed by atoms with Crippen molar-refractivity contribution >= 4 is 50.6 Å². The molecule has 0 saturated carbocycles. The normalized spacial score (nSPS) is 11.4. The van der Waals surface area contributed by atoms with Crippen LogP contribution < -0.4 is 10.1 Å². The number of hydrazone groups is 1. The summed E-state index contributed by atoms with van der Waals surface area (Å²) in [5.41, 5.74) is 2.51. The van der Waals surface area contributed by atoms with Crippen LogP contribution in [0.3, 0.4) is 0 Å². The van der Waals surface area contributed by atoms with Crippen molar-refractivity contribution in [2.24, 2.45) is 5.10 Å². The Bertz CT molecular complexity index is 1640. The number of halogens is 1. The van der Waals surface area contributed by atoms with Crippen LogP contribution in [-0.2, 0) is 10.0 Å². The number of nitro groups is 2. The minimum atomic E-state index is -4.13. The Balaban J connectivity index is 1.51. The lowest BCUT2D eigenvalue weighted by Crippen LogP contribution is -2.13. The number of nitrogens with one attached hydrogen (secondary N) is 2. The summed E-state index contributed by atoms with van der Waals surface area (Å²) in [6, 6.07) is 18.3. The number of anilines is 2. The molecule has 12 nitrogen and oxygen atoms in total. The van der Waals surface area contributed by atoms with E-state index in [-0.39, 0.29) is 27.7 Å². The van der Waals surface area contributed by atoms with Crippen molar-refractivity contribution < 1.29 is 22.7 Å². The largest absolute Gasteiger partial charge is 0.455 e. The van der Waals surface area contributed by atoms with Gasteiger partial charge in [-0.1, -0.05) is 29.8 Å². The summed E-state index contributed by atoms with van der Waals surface area (Å²) in [7, 11) is -4.13. The number of furan rings is 1. The van der Waals surface area contributed by atoms with Gasteiger partial charge in [0, 0.05) is 28.8 Å². The molecular weight excluding hydrogens is 526 g/mol. The predicted molar refractivity (Wildman–Crippen MR) is 137 cm³/mol. The van der Waals surface area contributed by atoms with E-state index in [1.165, 1.54) is 48.7 Å². The van der Waals surface area contributed by atoms with Crippen LogP contribution in [0.1, 0.15) is 5.76 Å². The molecule has 188 valence electrons. The molecule has 0 saturated heterocycles. The van der Waals surface area contributed by atoms with E-state index in [4.69, 9.17) is 16.0 Å². The molecule has 0 bridgehead atoms. The lowest BCUT2D eigenvalue weighted by molar-refractivity contribution is -0.384. The van der Waals surface area contributed by atoms with Gasteiger partial charge in [0.1, 0.15) is 17.2 Å². The van der Waals surface area contributed by atoms with E-state index in [0.29, 0.717) is 16.3 Å². The van der Waals surface area contributed by atoms with E-state index < -0.39 is 25.6 Å². The summed E-state index contributed by atoms with van der Waals surface area (Å²) in [6.45, 7) is 0. The van der Waals surface area contributed by atoms with Gasteiger partial charge in [0.2, 0.25) is 0 Å². The van der Waals surface area contributed by atoms with E-state index in [1.807, 2.05) is 0 Å². The lowest BCUT2D eigenvalue weighted by atomic mass is 10.1. The molecule has 1 heterocycles. The highest BCUT2D eigenvalue weighted by Crippen LogP contribution is 2.29. The summed E-state index contributed by atoms with van der Waals surface area (Å²) in [5, 5.41) is 26.8. The van der Waals surface area contributed by atoms with Gasteiger partial charge in [-0.05, 0) is 42.5 Å². The van der Waals surface area contributed by atoms with Gasteiger partial charge in [0.25, 0.3) is 21.4 Å². The fourth-order valence-corrected chi connectivity index (χ4v) is 4.47. The number of sulfonamides is 1. The quantitative estimate of drug-likeness (QED) is 0.155. The number of nitro benzene ring substituents is 2. The van der Waals surface area contributed by atoms with E-state index in [2.05, 4.69) is 15.2 Å². The first kappa shape index (κ1) is 25.3. The van der Waals surface area contributed by atoms with Crippen LogP contribution >= 0.6 is 11.6 Å². The van der Waals surface area contributed by atoms with Crippen molar-refractivity contribution in [2.45, 2.75) is 4.90 Å². The Hall–Kier alpha value is -4.75. The zero-order valence-electron chi connectivity index (χ0n) is 18.6. The van der Waals surface area contributed by atoms with Crippen LogP contribution in [0.2, 0.25) is 5.02 Å². The lowest BCUT2D eigenvalue weighted by Gasteiger charge is -2.09. The minimum Gasteiger partial charge on any atom is -0.455 e. The fraction of sp³-hybridized carbons (Fsp3) is 0. The van der Waals surface area contributed by atoms with Crippen molar-refractivity contribution in [3.05, 3.63) is 110 Å². The third kappa shape index (κ3) is 6.09. The average molecular weight is 542 g/mol. The van der Waals surface area contributed by atoms with Gasteiger partial charge in [0.15, 0.2) is 0 Å². The molecule has 2 N–H and O–H groups in total. The number of nitrogens with zero attached hydrogens (tertiary/aromatic N) is 3. The van der Waals surface area contributed by atoms with Crippen LogP contribution in [-0.4, -0.2) is 24.5 Å². The Morgan fingerprint density at radius 3 is 2.43 bits per heavy atom. The zero-order chi connectivity index (χ0) is 26.6. The molecule has 0 unspecified atom stereocenters. The van der Waals surface area contributed by atoms with Crippen molar-refractivity contribution in [1.29, 1.82) is 0 Å². The predicted octanol–water partition coefficient (Wildman–Crippen LogP) is 5.66. The Kier molecular flexibility index (Phi) is 7.18. The maximum absolute atomic E-state index is 12.7.